The molecule has 0 bridgehead atoms. The first kappa shape index (κ1) is 28.0. The first-order valence-electron chi connectivity index (χ1n) is 13.9. The van der Waals surface area contributed by atoms with E-state index in [0.717, 1.165) is 27.5 Å². The average molecular weight is 579 g/mol. The quantitative estimate of drug-likeness (QED) is 0.195. The normalized spacial score (nSPS) is 11.6. The van der Waals surface area contributed by atoms with E-state index in [1.54, 1.807) is 24.7 Å². The highest BCUT2D eigenvalue weighted by Gasteiger charge is 2.18. The second kappa shape index (κ2) is 11.6. The van der Waals surface area contributed by atoms with E-state index in [4.69, 9.17) is 9.72 Å². The number of aromatic nitrogens is 6. The Morgan fingerprint density at radius 2 is 1.86 bits per heavy atom. The maximum atomic E-state index is 14.6. The van der Waals surface area contributed by atoms with Crippen molar-refractivity contribution in [1.82, 2.24) is 35.0 Å². The number of hydrogen-bond donors (Lipinski definition) is 3. The number of anilines is 1. The van der Waals surface area contributed by atoms with Crippen molar-refractivity contribution in [3.63, 3.8) is 0 Å². The minimum atomic E-state index is -0.417. The van der Waals surface area contributed by atoms with Crippen molar-refractivity contribution in [1.29, 1.82) is 0 Å². The topological polar surface area (TPSA) is 125 Å². The van der Waals surface area contributed by atoms with Gasteiger partial charge in [-0.15, -0.1) is 0 Å². The van der Waals surface area contributed by atoms with Gasteiger partial charge in [-0.1, -0.05) is 19.9 Å². The summed E-state index contributed by atoms with van der Waals surface area (Å²) in [5, 5.41) is 11.4. The van der Waals surface area contributed by atoms with Gasteiger partial charge in [0.15, 0.2) is 5.82 Å². The van der Waals surface area contributed by atoms with E-state index in [1.807, 2.05) is 63.2 Å². The van der Waals surface area contributed by atoms with Crippen molar-refractivity contribution in [2.75, 3.05) is 32.6 Å². The standard InChI is InChI=1S/C32H31FN8O2/c1-18(2)32(42)36-23-12-21(16-34-17-23)19-5-6-26-25(14-19)29(40-39-26)31-37-27-7-8-35-28(30(27)38-31)20-11-22(33)15-24(13-20)43-10-9-41(3)4/h5-8,11-18H,9-10H2,1-4H3,(H,36,42)(H,37,38)(H,39,40). The molecule has 0 fully saturated rings. The molecule has 4 aromatic heterocycles. The van der Waals surface area contributed by atoms with Crippen LogP contribution in [0.4, 0.5) is 10.1 Å². The molecule has 3 N–H and O–H groups in total. The summed E-state index contributed by atoms with van der Waals surface area (Å²) >= 11 is 0. The first-order chi connectivity index (χ1) is 20.7. The number of pyridine rings is 2. The fourth-order valence-corrected chi connectivity index (χ4v) is 4.71. The Morgan fingerprint density at radius 1 is 1.00 bits per heavy atom. The Kier molecular flexibility index (Phi) is 7.56. The Morgan fingerprint density at radius 3 is 2.67 bits per heavy atom. The van der Waals surface area contributed by atoms with Crippen LogP contribution in [0.2, 0.25) is 0 Å². The largest absolute Gasteiger partial charge is 0.492 e. The molecule has 11 heteroatoms. The number of fused-ring (bicyclic) bond motifs is 2. The van der Waals surface area contributed by atoms with Gasteiger partial charge in [0, 0.05) is 47.4 Å². The highest BCUT2D eigenvalue weighted by molar-refractivity contribution is 5.98. The van der Waals surface area contributed by atoms with Gasteiger partial charge in [-0.2, -0.15) is 5.10 Å². The summed E-state index contributed by atoms with van der Waals surface area (Å²) in [5.74, 6) is 0.344. The van der Waals surface area contributed by atoms with Crippen LogP contribution in [-0.4, -0.2) is 68.2 Å². The van der Waals surface area contributed by atoms with Crippen LogP contribution in [0.1, 0.15) is 13.8 Å². The third kappa shape index (κ3) is 5.93. The first-order valence-corrected chi connectivity index (χ1v) is 13.9. The molecular weight excluding hydrogens is 547 g/mol. The second-order valence-electron chi connectivity index (χ2n) is 10.9. The minimum absolute atomic E-state index is 0.0726. The molecule has 0 spiro atoms. The van der Waals surface area contributed by atoms with Crippen molar-refractivity contribution >= 4 is 33.5 Å². The fourth-order valence-electron chi connectivity index (χ4n) is 4.71. The van der Waals surface area contributed by atoms with E-state index in [2.05, 4.69) is 30.5 Å². The number of aromatic amines is 2. The molecule has 0 aliphatic rings. The van der Waals surface area contributed by atoms with Gasteiger partial charge in [0.25, 0.3) is 0 Å². The number of hydrogen-bond acceptors (Lipinski definition) is 7. The zero-order valence-corrected chi connectivity index (χ0v) is 24.3. The van der Waals surface area contributed by atoms with Crippen molar-refractivity contribution in [2.24, 2.45) is 5.92 Å². The van der Waals surface area contributed by atoms with Crippen LogP contribution in [0.25, 0.3) is 55.8 Å². The summed E-state index contributed by atoms with van der Waals surface area (Å²) in [6.45, 7) is 4.82. The maximum absolute atomic E-state index is 14.6. The number of ether oxygens (including phenoxy) is 1. The third-order valence-electron chi connectivity index (χ3n) is 7.00. The van der Waals surface area contributed by atoms with Gasteiger partial charge in [-0.05, 0) is 56.1 Å². The van der Waals surface area contributed by atoms with Crippen molar-refractivity contribution in [2.45, 2.75) is 13.8 Å². The summed E-state index contributed by atoms with van der Waals surface area (Å²) in [5.41, 5.74) is 6.27. The van der Waals surface area contributed by atoms with E-state index >= 15 is 0 Å². The van der Waals surface area contributed by atoms with Crippen LogP contribution in [0.15, 0.2) is 67.1 Å². The number of imidazole rings is 1. The van der Waals surface area contributed by atoms with E-state index in [-0.39, 0.29) is 11.8 Å². The maximum Gasteiger partial charge on any atom is 0.226 e. The zero-order chi connectivity index (χ0) is 30.1. The summed E-state index contributed by atoms with van der Waals surface area (Å²) in [4.78, 5) is 31.3. The van der Waals surface area contributed by atoms with Gasteiger partial charge in [0.1, 0.15) is 29.4 Å². The molecule has 4 heterocycles. The summed E-state index contributed by atoms with van der Waals surface area (Å²) in [6, 6.07) is 14.2. The van der Waals surface area contributed by atoms with Crippen LogP contribution in [0, 0.1) is 11.7 Å². The fraction of sp³-hybridized carbons (Fsp3) is 0.219. The lowest BCUT2D eigenvalue weighted by Gasteiger charge is -2.12. The number of rotatable bonds is 9. The molecule has 0 saturated heterocycles. The van der Waals surface area contributed by atoms with Gasteiger partial charge in [-0.3, -0.25) is 19.9 Å². The molecule has 6 aromatic rings. The third-order valence-corrected chi connectivity index (χ3v) is 7.00. The van der Waals surface area contributed by atoms with E-state index in [0.29, 0.717) is 52.9 Å². The number of H-pyrrole nitrogens is 2. The molecule has 0 atom stereocenters. The lowest BCUT2D eigenvalue weighted by atomic mass is 10.0. The molecule has 0 aliphatic heterocycles. The number of nitrogens with zero attached hydrogens (tertiary/aromatic N) is 5. The molecule has 2 aromatic carbocycles. The predicted molar refractivity (Wildman–Crippen MR) is 165 cm³/mol. The number of halogens is 1. The van der Waals surface area contributed by atoms with E-state index in [1.165, 1.54) is 12.1 Å². The van der Waals surface area contributed by atoms with Crippen molar-refractivity contribution in [3.8, 4) is 39.7 Å². The molecule has 1 amide bonds. The van der Waals surface area contributed by atoms with Crippen LogP contribution >= 0.6 is 0 Å². The molecule has 6 rings (SSSR count). The molecule has 0 radical (unpaired) electrons. The Hall–Kier alpha value is -5.16. The Bertz CT molecular complexity index is 1950. The van der Waals surface area contributed by atoms with E-state index in [9.17, 15) is 9.18 Å². The van der Waals surface area contributed by atoms with E-state index < -0.39 is 5.82 Å². The smallest absolute Gasteiger partial charge is 0.226 e. The summed E-state index contributed by atoms with van der Waals surface area (Å²) in [6.07, 6.45) is 5.04. The number of carbonyl (C=O) groups is 1. The van der Waals surface area contributed by atoms with Gasteiger partial charge in [0.05, 0.1) is 28.6 Å². The Balaban J connectivity index is 1.36. The molecule has 0 saturated carbocycles. The van der Waals surface area contributed by atoms with Gasteiger partial charge in [-0.25, -0.2) is 9.37 Å². The van der Waals surface area contributed by atoms with Gasteiger partial charge in [0.2, 0.25) is 5.91 Å². The van der Waals surface area contributed by atoms with Crippen molar-refractivity contribution < 1.29 is 13.9 Å². The number of nitrogens with one attached hydrogen (secondary N) is 3. The molecule has 43 heavy (non-hydrogen) atoms. The van der Waals surface area contributed by atoms with Crippen LogP contribution in [-0.2, 0) is 4.79 Å². The van der Waals surface area contributed by atoms with Crippen LogP contribution in [0.5, 0.6) is 5.75 Å². The van der Waals surface area contributed by atoms with Gasteiger partial charge >= 0.3 is 0 Å². The van der Waals surface area contributed by atoms with Crippen molar-refractivity contribution in [3.05, 3.63) is 72.9 Å². The number of benzene rings is 2. The highest BCUT2D eigenvalue weighted by atomic mass is 19.1. The predicted octanol–water partition coefficient (Wildman–Crippen LogP) is 5.90. The highest BCUT2D eigenvalue weighted by Crippen LogP contribution is 2.34. The summed E-state index contributed by atoms with van der Waals surface area (Å²) in [7, 11) is 3.90. The number of amides is 1. The lowest BCUT2D eigenvalue weighted by Crippen LogP contribution is -2.19. The average Bonchev–Trinajstić information content (AvgIpc) is 3.60. The molecule has 0 aliphatic carbocycles. The summed E-state index contributed by atoms with van der Waals surface area (Å²) < 4.78 is 20.4. The number of carbonyl (C=O) groups excluding carboxylic acids is 1. The lowest BCUT2D eigenvalue weighted by molar-refractivity contribution is -0.118. The van der Waals surface area contributed by atoms with Gasteiger partial charge < -0.3 is 19.9 Å². The zero-order valence-electron chi connectivity index (χ0n) is 24.3. The minimum Gasteiger partial charge on any atom is -0.492 e. The van der Waals surface area contributed by atoms with Crippen LogP contribution < -0.4 is 10.1 Å². The second-order valence-corrected chi connectivity index (χ2v) is 10.9. The monoisotopic (exact) mass is 578 g/mol. The molecule has 218 valence electrons. The van der Waals surface area contributed by atoms with Crippen LogP contribution in [0.3, 0.4) is 0 Å². The number of likely N-dealkylation sites (N-methyl/N-ethyl adjacent to an activating group) is 1. The molecule has 0 unspecified atom stereocenters. The molecular formula is C32H31FN8O2. The molecule has 10 nitrogen and oxygen atoms in total. The SMILES string of the molecule is CC(C)C(=O)Nc1cncc(-c2ccc3[nH]nc(-c4nc5c(-c6cc(F)cc(OCCN(C)C)c6)nccc5[nH]4)c3c2)c1. The Labute approximate surface area is 247 Å².